The van der Waals surface area contributed by atoms with Gasteiger partial charge in [-0.05, 0) is 26.0 Å². The van der Waals surface area contributed by atoms with Crippen molar-refractivity contribution in [1.82, 2.24) is 9.97 Å². The molecule has 24 heavy (non-hydrogen) atoms. The van der Waals surface area contributed by atoms with Crippen LogP contribution in [0.1, 0.15) is 12.6 Å². The van der Waals surface area contributed by atoms with Crippen molar-refractivity contribution in [3.8, 4) is 11.5 Å². The fourth-order valence-corrected chi connectivity index (χ4v) is 2.82. The van der Waals surface area contributed by atoms with Gasteiger partial charge in [-0.15, -0.1) is 0 Å². The Labute approximate surface area is 145 Å². The van der Waals surface area contributed by atoms with E-state index in [1.165, 1.54) is 11.8 Å². The Kier molecular flexibility index (Phi) is 5.86. The maximum Gasteiger partial charge on any atom is 0.237 e. The summed E-state index contributed by atoms with van der Waals surface area (Å²) in [6, 6.07) is 6.86. The zero-order valence-corrected chi connectivity index (χ0v) is 14.8. The Morgan fingerprint density at radius 2 is 1.92 bits per heavy atom. The molecule has 0 spiro atoms. The number of nitrogens with zero attached hydrogens (tertiary/aromatic N) is 2. The first kappa shape index (κ1) is 17.9. The smallest absolute Gasteiger partial charge is 0.237 e. The number of ether oxygens (including phenoxy) is 2. The molecule has 0 radical (unpaired) electrons. The van der Waals surface area contributed by atoms with Gasteiger partial charge in [0.15, 0.2) is 16.7 Å². The predicted molar refractivity (Wildman–Crippen MR) is 94.7 cm³/mol. The summed E-state index contributed by atoms with van der Waals surface area (Å²) in [5.41, 5.74) is 7.09. The summed E-state index contributed by atoms with van der Waals surface area (Å²) in [5.74, 6) is 1.36. The highest BCUT2D eigenvalue weighted by Crippen LogP contribution is 2.30. The number of carbonyl (C=O) groups excluding carboxylic acids is 1. The Morgan fingerprint density at radius 1 is 1.21 bits per heavy atom. The van der Waals surface area contributed by atoms with Crippen LogP contribution in [-0.2, 0) is 4.79 Å². The number of nitrogens with one attached hydrogen (secondary N) is 1. The second kappa shape index (κ2) is 7.87. The first-order valence-corrected chi connectivity index (χ1v) is 8.11. The van der Waals surface area contributed by atoms with Gasteiger partial charge in [-0.1, -0.05) is 11.8 Å². The number of hydrogen-bond acceptors (Lipinski definition) is 7. The first-order valence-electron chi connectivity index (χ1n) is 7.23. The van der Waals surface area contributed by atoms with E-state index in [0.29, 0.717) is 28.2 Å². The highest BCUT2D eigenvalue weighted by atomic mass is 32.2. The van der Waals surface area contributed by atoms with Crippen molar-refractivity contribution < 1.29 is 14.3 Å². The summed E-state index contributed by atoms with van der Waals surface area (Å²) in [6.45, 7) is 3.61. The van der Waals surface area contributed by atoms with E-state index in [4.69, 9.17) is 15.2 Å². The van der Waals surface area contributed by atoms with Crippen molar-refractivity contribution in [3.63, 3.8) is 0 Å². The van der Waals surface area contributed by atoms with Crippen molar-refractivity contribution in [2.45, 2.75) is 24.3 Å². The number of anilines is 2. The lowest BCUT2D eigenvalue weighted by molar-refractivity contribution is -0.115. The molecular weight excluding hydrogens is 328 g/mol. The molecule has 0 aliphatic rings. The second-order valence-corrected chi connectivity index (χ2v) is 6.34. The number of methoxy groups -OCH3 is 2. The molecule has 2 rings (SSSR count). The van der Waals surface area contributed by atoms with E-state index in [0.717, 1.165) is 5.69 Å². The van der Waals surface area contributed by atoms with Crippen LogP contribution in [0.4, 0.5) is 11.5 Å². The van der Waals surface area contributed by atoms with Gasteiger partial charge in [-0.3, -0.25) is 4.79 Å². The number of amides is 1. The van der Waals surface area contributed by atoms with E-state index in [-0.39, 0.29) is 11.2 Å². The molecule has 1 aromatic heterocycles. The van der Waals surface area contributed by atoms with Crippen LogP contribution < -0.4 is 20.5 Å². The van der Waals surface area contributed by atoms with Gasteiger partial charge in [0.1, 0.15) is 5.82 Å². The Hall–Kier alpha value is -2.48. The van der Waals surface area contributed by atoms with Gasteiger partial charge >= 0.3 is 0 Å². The third-order valence-electron chi connectivity index (χ3n) is 3.16. The maximum atomic E-state index is 12.3. The second-order valence-electron chi connectivity index (χ2n) is 5.04. The molecule has 128 valence electrons. The Balaban J connectivity index is 2.06. The van der Waals surface area contributed by atoms with Crippen molar-refractivity contribution in [2.75, 3.05) is 25.3 Å². The summed E-state index contributed by atoms with van der Waals surface area (Å²) >= 11 is 1.25. The summed E-state index contributed by atoms with van der Waals surface area (Å²) in [4.78, 5) is 20.7. The van der Waals surface area contributed by atoms with Gasteiger partial charge in [-0.2, -0.15) is 0 Å². The first-order chi connectivity index (χ1) is 11.4. The Bertz CT molecular complexity index is 719. The normalized spacial score (nSPS) is 11.7. The van der Waals surface area contributed by atoms with Gasteiger partial charge in [0.05, 0.1) is 19.5 Å². The van der Waals surface area contributed by atoms with E-state index >= 15 is 0 Å². The highest BCUT2D eigenvalue weighted by Gasteiger charge is 2.17. The minimum absolute atomic E-state index is 0.170. The fraction of sp³-hybridized carbons (Fsp3) is 0.312. The largest absolute Gasteiger partial charge is 0.493 e. The minimum atomic E-state index is -0.390. The molecule has 1 atom stereocenters. The monoisotopic (exact) mass is 348 g/mol. The average molecular weight is 348 g/mol. The zero-order valence-electron chi connectivity index (χ0n) is 14.0. The minimum Gasteiger partial charge on any atom is -0.493 e. The van der Waals surface area contributed by atoms with Crippen LogP contribution in [0.3, 0.4) is 0 Å². The molecule has 0 aliphatic heterocycles. The lowest BCUT2D eigenvalue weighted by Gasteiger charge is -2.13. The van der Waals surface area contributed by atoms with Gasteiger partial charge in [0, 0.05) is 23.5 Å². The Morgan fingerprint density at radius 3 is 2.54 bits per heavy atom. The zero-order chi connectivity index (χ0) is 17.7. The molecule has 2 aromatic rings. The average Bonchev–Trinajstić information content (AvgIpc) is 2.53. The van der Waals surface area contributed by atoms with Gasteiger partial charge < -0.3 is 20.5 Å². The van der Waals surface area contributed by atoms with Crippen molar-refractivity contribution >= 4 is 29.2 Å². The van der Waals surface area contributed by atoms with Crippen LogP contribution >= 0.6 is 11.8 Å². The van der Waals surface area contributed by atoms with E-state index in [2.05, 4.69) is 15.3 Å². The van der Waals surface area contributed by atoms with Crippen LogP contribution in [0.5, 0.6) is 11.5 Å². The standard InChI is InChI=1S/C16H20N4O3S/c1-9-7-14(17)20-16(18-9)24-10(2)15(21)19-11-5-6-12(22-3)13(8-11)23-4/h5-8,10H,1-4H3,(H,19,21)(H2,17,18,20). The molecule has 0 saturated heterocycles. The molecule has 0 fully saturated rings. The van der Waals surface area contributed by atoms with E-state index < -0.39 is 0 Å². The molecule has 0 aliphatic carbocycles. The number of thioether (sulfide) groups is 1. The van der Waals surface area contributed by atoms with E-state index in [1.54, 1.807) is 45.4 Å². The number of rotatable bonds is 6. The van der Waals surface area contributed by atoms with Crippen LogP contribution in [0.25, 0.3) is 0 Å². The van der Waals surface area contributed by atoms with E-state index in [9.17, 15) is 4.79 Å². The van der Waals surface area contributed by atoms with Crippen LogP contribution in [0, 0.1) is 6.92 Å². The quantitative estimate of drug-likeness (QED) is 0.611. The summed E-state index contributed by atoms with van der Waals surface area (Å²) in [6.07, 6.45) is 0. The molecule has 1 heterocycles. The summed E-state index contributed by atoms with van der Waals surface area (Å²) in [7, 11) is 3.10. The van der Waals surface area contributed by atoms with Crippen LogP contribution in [0.15, 0.2) is 29.4 Å². The molecule has 1 aromatic carbocycles. The maximum absolute atomic E-state index is 12.3. The molecule has 1 amide bonds. The van der Waals surface area contributed by atoms with Gasteiger partial charge in [0.25, 0.3) is 0 Å². The number of carbonyl (C=O) groups is 1. The summed E-state index contributed by atoms with van der Waals surface area (Å²) in [5, 5.41) is 2.92. The number of aryl methyl sites for hydroxylation is 1. The molecule has 3 N–H and O–H groups in total. The number of hydrogen-bond donors (Lipinski definition) is 2. The van der Waals surface area contributed by atoms with E-state index in [1.807, 2.05) is 6.92 Å². The third kappa shape index (κ3) is 4.51. The summed E-state index contributed by atoms with van der Waals surface area (Å²) < 4.78 is 10.4. The number of nitrogens with two attached hydrogens (primary N) is 1. The van der Waals surface area contributed by atoms with Crippen molar-refractivity contribution in [2.24, 2.45) is 0 Å². The number of aromatic nitrogens is 2. The van der Waals surface area contributed by atoms with Crippen molar-refractivity contribution in [1.29, 1.82) is 0 Å². The lowest BCUT2D eigenvalue weighted by atomic mass is 10.2. The van der Waals surface area contributed by atoms with Gasteiger partial charge in [-0.25, -0.2) is 9.97 Å². The topological polar surface area (TPSA) is 99.4 Å². The fourth-order valence-electron chi connectivity index (χ4n) is 1.99. The predicted octanol–water partition coefficient (Wildman–Crippen LogP) is 2.50. The number of benzene rings is 1. The number of nitrogen functional groups attached to an aromatic ring is 1. The molecule has 0 saturated carbocycles. The molecule has 1 unspecified atom stereocenters. The molecular formula is C16H20N4O3S. The molecule has 7 nitrogen and oxygen atoms in total. The SMILES string of the molecule is COc1ccc(NC(=O)C(C)Sc2nc(C)cc(N)n2)cc1OC. The van der Waals surface area contributed by atoms with Gasteiger partial charge in [0.2, 0.25) is 5.91 Å². The van der Waals surface area contributed by atoms with Crippen LogP contribution in [-0.4, -0.2) is 35.3 Å². The molecule has 8 heteroatoms. The van der Waals surface area contributed by atoms with Crippen molar-refractivity contribution in [3.05, 3.63) is 30.0 Å². The highest BCUT2D eigenvalue weighted by molar-refractivity contribution is 8.00. The van der Waals surface area contributed by atoms with Crippen LogP contribution in [0.2, 0.25) is 0 Å². The molecule has 0 bridgehead atoms. The lowest BCUT2D eigenvalue weighted by Crippen LogP contribution is -2.22. The third-order valence-corrected chi connectivity index (χ3v) is 4.12.